The van der Waals surface area contributed by atoms with Crippen molar-refractivity contribution in [2.24, 2.45) is 0 Å². The Kier molecular flexibility index (Phi) is 3.86. The van der Waals surface area contributed by atoms with Crippen molar-refractivity contribution in [3.63, 3.8) is 0 Å². The third-order valence-electron chi connectivity index (χ3n) is 3.17. The third-order valence-corrected chi connectivity index (χ3v) is 3.17. The number of aryl methyl sites for hydroxylation is 2. The first-order valence-electron chi connectivity index (χ1n) is 6.23. The van der Waals surface area contributed by atoms with Gasteiger partial charge in [-0.3, -0.25) is 0 Å². The molecule has 0 aliphatic heterocycles. The van der Waals surface area contributed by atoms with Gasteiger partial charge in [-0.25, -0.2) is 4.39 Å². The number of rotatable bonds is 3. The van der Waals surface area contributed by atoms with E-state index < -0.39 is 0 Å². The molecule has 0 unspecified atom stereocenters. The van der Waals surface area contributed by atoms with E-state index in [0.717, 1.165) is 16.8 Å². The van der Waals surface area contributed by atoms with E-state index in [4.69, 9.17) is 0 Å². The molecular formula is C16H18FNO. The van der Waals surface area contributed by atoms with Crippen LogP contribution in [-0.2, 0) is 6.61 Å². The van der Waals surface area contributed by atoms with E-state index in [1.807, 2.05) is 33.0 Å². The van der Waals surface area contributed by atoms with Gasteiger partial charge in [0.15, 0.2) is 0 Å². The van der Waals surface area contributed by atoms with Gasteiger partial charge in [0, 0.05) is 18.3 Å². The van der Waals surface area contributed by atoms with Gasteiger partial charge in [0.2, 0.25) is 0 Å². The lowest BCUT2D eigenvalue weighted by Gasteiger charge is -2.23. The highest BCUT2D eigenvalue weighted by Gasteiger charge is 2.14. The lowest BCUT2D eigenvalue weighted by Crippen LogP contribution is -2.14. The Morgan fingerprint density at radius 3 is 2.32 bits per heavy atom. The van der Waals surface area contributed by atoms with Crippen molar-refractivity contribution in [2.75, 3.05) is 11.9 Å². The molecule has 0 aliphatic rings. The maximum Gasteiger partial charge on any atom is 0.147 e. The van der Waals surface area contributed by atoms with E-state index in [1.165, 1.54) is 6.07 Å². The molecule has 0 saturated carbocycles. The van der Waals surface area contributed by atoms with Gasteiger partial charge in [0.1, 0.15) is 5.82 Å². The van der Waals surface area contributed by atoms with Crippen molar-refractivity contribution < 1.29 is 9.50 Å². The van der Waals surface area contributed by atoms with Crippen LogP contribution in [-0.4, -0.2) is 12.2 Å². The minimum Gasteiger partial charge on any atom is -0.392 e. The van der Waals surface area contributed by atoms with Crippen molar-refractivity contribution in [3.8, 4) is 0 Å². The highest BCUT2D eigenvalue weighted by atomic mass is 19.1. The maximum absolute atomic E-state index is 14.0. The first-order valence-corrected chi connectivity index (χ1v) is 6.23. The average Bonchev–Trinajstić information content (AvgIpc) is 2.36. The number of hydrogen-bond acceptors (Lipinski definition) is 2. The van der Waals surface area contributed by atoms with Gasteiger partial charge in [-0.05, 0) is 43.2 Å². The average molecular weight is 259 g/mol. The number of halogens is 1. The predicted molar refractivity (Wildman–Crippen MR) is 76.3 cm³/mol. The van der Waals surface area contributed by atoms with Gasteiger partial charge in [-0.1, -0.05) is 18.2 Å². The second-order valence-corrected chi connectivity index (χ2v) is 4.81. The van der Waals surface area contributed by atoms with Crippen LogP contribution in [0.2, 0.25) is 0 Å². The lowest BCUT2D eigenvalue weighted by molar-refractivity contribution is 0.281. The SMILES string of the molecule is Cc1cc(C)cc(N(C)c2c(F)cccc2CO)c1. The van der Waals surface area contributed by atoms with Crippen LogP contribution in [0.3, 0.4) is 0 Å². The molecule has 0 aromatic heterocycles. The maximum atomic E-state index is 14.0. The Morgan fingerprint density at radius 1 is 1.11 bits per heavy atom. The lowest BCUT2D eigenvalue weighted by atomic mass is 10.1. The number of hydrogen-bond donors (Lipinski definition) is 1. The molecule has 0 bridgehead atoms. The van der Waals surface area contributed by atoms with E-state index >= 15 is 0 Å². The zero-order chi connectivity index (χ0) is 14.0. The van der Waals surface area contributed by atoms with Gasteiger partial charge in [0.05, 0.1) is 12.3 Å². The molecule has 0 aliphatic carbocycles. The standard InChI is InChI=1S/C16H18FNO/c1-11-7-12(2)9-14(8-11)18(3)16-13(10-19)5-4-6-15(16)17/h4-9,19H,10H2,1-3H3. The van der Waals surface area contributed by atoms with E-state index in [9.17, 15) is 9.50 Å². The third kappa shape index (κ3) is 2.76. The summed E-state index contributed by atoms with van der Waals surface area (Å²) in [5.74, 6) is -0.326. The van der Waals surface area contributed by atoms with Crippen LogP contribution in [0.4, 0.5) is 15.8 Å². The summed E-state index contributed by atoms with van der Waals surface area (Å²) in [7, 11) is 1.81. The zero-order valence-electron chi connectivity index (χ0n) is 11.4. The van der Waals surface area contributed by atoms with Crippen LogP contribution < -0.4 is 4.90 Å². The molecule has 0 fully saturated rings. The molecule has 100 valence electrons. The second kappa shape index (κ2) is 5.41. The summed E-state index contributed by atoms with van der Waals surface area (Å²) < 4.78 is 14.0. The van der Waals surface area contributed by atoms with E-state index in [2.05, 4.69) is 6.07 Å². The summed E-state index contributed by atoms with van der Waals surface area (Å²) in [6.07, 6.45) is 0. The van der Waals surface area contributed by atoms with Gasteiger partial charge < -0.3 is 10.0 Å². The number of anilines is 2. The Hall–Kier alpha value is -1.87. The molecule has 2 nitrogen and oxygen atoms in total. The largest absolute Gasteiger partial charge is 0.392 e. The van der Waals surface area contributed by atoms with Crippen LogP contribution in [0.1, 0.15) is 16.7 Å². The molecule has 2 rings (SSSR count). The Bertz CT molecular complexity index is 575. The Labute approximate surface area is 113 Å². The summed E-state index contributed by atoms with van der Waals surface area (Å²) in [4.78, 5) is 1.78. The Balaban J connectivity index is 2.52. The van der Waals surface area contributed by atoms with Crippen molar-refractivity contribution >= 4 is 11.4 Å². The number of benzene rings is 2. The zero-order valence-corrected chi connectivity index (χ0v) is 11.4. The normalized spacial score (nSPS) is 10.6. The quantitative estimate of drug-likeness (QED) is 0.908. The number of nitrogens with zero attached hydrogens (tertiary/aromatic N) is 1. The Morgan fingerprint density at radius 2 is 1.74 bits per heavy atom. The highest BCUT2D eigenvalue weighted by Crippen LogP contribution is 2.31. The topological polar surface area (TPSA) is 23.5 Å². The molecule has 3 heteroatoms. The monoisotopic (exact) mass is 259 g/mol. The van der Waals surface area contributed by atoms with Gasteiger partial charge >= 0.3 is 0 Å². The summed E-state index contributed by atoms with van der Waals surface area (Å²) in [5.41, 5.74) is 4.18. The molecule has 0 radical (unpaired) electrons. The van der Waals surface area contributed by atoms with Crippen LogP contribution >= 0.6 is 0 Å². The minimum absolute atomic E-state index is 0.178. The van der Waals surface area contributed by atoms with Gasteiger partial charge in [-0.15, -0.1) is 0 Å². The molecule has 1 N–H and O–H groups in total. The molecule has 0 saturated heterocycles. The van der Waals surface area contributed by atoms with Crippen LogP contribution in [0, 0.1) is 19.7 Å². The summed E-state index contributed by atoms with van der Waals surface area (Å²) in [6.45, 7) is 3.85. The van der Waals surface area contributed by atoms with Crippen molar-refractivity contribution in [2.45, 2.75) is 20.5 Å². The van der Waals surface area contributed by atoms with E-state index in [-0.39, 0.29) is 12.4 Å². The first kappa shape index (κ1) is 13.6. The van der Waals surface area contributed by atoms with Gasteiger partial charge in [0.25, 0.3) is 0 Å². The highest BCUT2D eigenvalue weighted by molar-refractivity contribution is 5.67. The molecule has 0 amide bonds. The molecule has 2 aromatic rings. The number of para-hydroxylation sites is 1. The molecule has 0 atom stereocenters. The first-order chi connectivity index (χ1) is 9.02. The van der Waals surface area contributed by atoms with Crippen LogP contribution in [0.15, 0.2) is 36.4 Å². The second-order valence-electron chi connectivity index (χ2n) is 4.81. The van der Waals surface area contributed by atoms with Crippen LogP contribution in [0.25, 0.3) is 0 Å². The fraction of sp³-hybridized carbons (Fsp3) is 0.250. The molecule has 19 heavy (non-hydrogen) atoms. The van der Waals surface area contributed by atoms with Crippen molar-refractivity contribution in [1.29, 1.82) is 0 Å². The summed E-state index contributed by atoms with van der Waals surface area (Å²) in [5, 5.41) is 9.35. The van der Waals surface area contributed by atoms with Crippen LogP contribution in [0.5, 0.6) is 0 Å². The molecule has 0 spiro atoms. The predicted octanol–water partition coefficient (Wildman–Crippen LogP) is 3.70. The fourth-order valence-corrected chi connectivity index (χ4v) is 2.34. The van der Waals surface area contributed by atoms with E-state index in [1.54, 1.807) is 17.0 Å². The summed E-state index contributed by atoms with van der Waals surface area (Å²) >= 11 is 0. The van der Waals surface area contributed by atoms with Gasteiger partial charge in [-0.2, -0.15) is 0 Å². The minimum atomic E-state index is -0.326. The smallest absolute Gasteiger partial charge is 0.147 e. The summed E-state index contributed by atoms with van der Waals surface area (Å²) in [6, 6.07) is 10.8. The van der Waals surface area contributed by atoms with E-state index in [0.29, 0.717) is 11.3 Å². The molecule has 0 heterocycles. The van der Waals surface area contributed by atoms with Crippen molar-refractivity contribution in [3.05, 3.63) is 58.9 Å². The number of aliphatic hydroxyl groups is 1. The molecule has 2 aromatic carbocycles. The molecular weight excluding hydrogens is 241 g/mol. The van der Waals surface area contributed by atoms with Crippen molar-refractivity contribution in [1.82, 2.24) is 0 Å². The fourth-order valence-electron chi connectivity index (χ4n) is 2.34. The number of aliphatic hydroxyl groups excluding tert-OH is 1.